The fourth-order valence-electron chi connectivity index (χ4n) is 2.88. The molecule has 3 rings (SSSR count). The molecule has 3 aromatic rings. The van der Waals surface area contributed by atoms with E-state index in [1.807, 2.05) is 25.1 Å². The molecule has 0 aliphatic heterocycles. The van der Waals surface area contributed by atoms with Crippen LogP contribution in [0.2, 0.25) is 0 Å². The summed E-state index contributed by atoms with van der Waals surface area (Å²) < 4.78 is 42.7. The number of sulfonamides is 1. The predicted octanol–water partition coefficient (Wildman–Crippen LogP) is 3.01. The average molecular weight is 490 g/mol. The third-order valence-electron chi connectivity index (χ3n) is 4.52. The van der Waals surface area contributed by atoms with E-state index in [0.717, 1.165) is 11.6 Å². The number of aryl methyl sites for hydroxylation is 1. The van der Waals surface area contributed by atoms with E-state index in [1.165, 1.54) is 18.4 Å². The van der Waals surface area contributed by atoms with Crippen LogP contribution < -0.4 is 14.8 Å². The first kappa shape index (κ1) is 24.7. The monoisotopic (exact) mass is 489 g/mol. The number of carbonyl (C=O) groups excluding carboxylic acids is 1. The molecule has 0 saturated heterocycles. The number of hydrogen-bond donors (Lipinski definition) is 2. The fourth-order valence-corrected chi connectivity index (χ4v) is 3.87. The van der Waals surface area contributed by atoms with Gasteiger partial charge in [-0.2, -0.15) is 4.72 Å². The van der Waals surface area contributed by atoms with Crippen LogP contribution in [0.4, 0.5) is 11.4 Å². The van der Waals surface area contributed by atoms with E-state index in [1.54, 1.807) is 18.2 Å². The Hall–Kier alpha value is -3.90. The number of hydrogen-bond acceptors (Lipinski definition) is 9. The first-order valence-electron chi connectivity index (χ1n) is 10.1. The second-order valence-electron chi connectivity index (χ2n) is 7.08. The number of nitrogens with zero attached hydrogens (tertiary/aromatic N) is 1. The summed E-state index contributed by atoms with van der Waals surface area (Å²) in [5.41, 5.74) is 0.698. The number of nitro groups is 1. The summed E-state index contributed by atoms with van der Waals surface area (Å²) in [6.07, 6.45) is 1.47. The molecule has 0 bridgehead atoms. The maximum Gasteiger partial charge on any atom is 0.321 e. The highest BCUT2D eigenvalue weighted by atomic mass is 32.2. The van der Waals surface area contributed by atoms with Crippen molar-refractivity contribution in [2.75, 3.05) is 25.1 Å². The van der Waals surface area contributed by atoms with Gasteiger partial charge < -0.3 is 19.2 Å². The molecular weight excluding hydrogens is 466 g/mol. The van der Waals surface area contributed by atoms with E-state index in [-0.39, 0.29) is 30.3 Å². The summed E-state index contributed by atoms with van der Waals surface area (Å²) in [5.74, 6) is 0.360. The Labute approximate surface area is 195 Å². The van der Waals surface area contributed by atoms with Crippen LogP contribution in [0.3, 0.4) is 0 Å². The summed E-state index contributed by atoms with van der Waals surface area (Å²) >= 11 is 0. The molecule has 0 atom stereocenters. The molecule has 180 valence electrons. The van der Waals surface area contributed by atoms with Crippen LogP contribution in [0, 0.1) is 17.0 Å². The average Bonchev–Trinajstić information content (AvgIpc) is 3.33. The van der Waals surface area contributed by atoms with Crippen LogP contribution >= 0.6 is 0 Å². The van der Waals surface area contributed by atoms with Gasteiger partial charge in [-0.1, -0.05) is 12.1 Å². The number of esters is 1. The van der Waals surface area contributed by atoms with Crippen LogP contribution in [0.5, 0.6) is 5.75 Å². The first-order chi connectivity index (χ1) is 16.2. The van der Waals surface area contributed by atoms with Crippen molar-refractivity contribution in [2.24, 2.45) is 0 Å². The summed E-state index contributed by atoms with van der Waals surface area (Å²) in [6.45, 7) is 1.48. The summed E-state index contributed by atoms with van der Waals surface area (Å²) in [6, 6.07) is 14.1. The van der Waals surface area contributed by atoms with Crippen LogP contribution in [0.1, 0.15) is 11.3 Å². The van der Waals surface area contributed by atoms with Gasteiger partial charge in [0.25, 0.3) is 5.69 Å². The molecule has 0 fully saturated rings. The Morgan fingerprint density at radius 1 is 1.12 bits per heavy atom. The van der Waals surface area contributed by atoms with E-state index in [4.69, 9.17) is 13.9 Å². The maximum atomic E-state index is 12.5. The number of benzene rings is 2. The highest BCUT2D eigenvalue weighted by molar-refractivity contribution is 7.89. The molecule has 0 aliphatic carbocycles. The minimum absolute atomic E-state index is 0.0734. The number of nitrogens with one attached hydrogen (secondary N) is 2. The molecule has 0 spiro atoms. The third-order valence-corrected chi connectivity index (χ3v) is 5.92. The van der Waals surface area contributed by atoms with Crippen LogP contribution in [0.15, 0.2) is 70.2 Å². The topological polar surface area (TPSA) is 150 Å². The Kier molecular flexibility index (Phi) is 8.22. The zero-order chi connectivity index (χ0) is 24.6. The Bertz CT molecular complexity index is 1240. The fraction of sp³-hybridized carbons (Fsp3) is 0.227. The number of carbonyl (C=O) groups is 1. The largest absolute Gasteiger partial charge is 0.490 e. The van der Waals surface area contributed by atoms with Gasteiger partial charge in [-0.25, -0.2) is 8.42 Å². The highest BCUT2D eigenvalue weighted by Crippen LogP contribution is 2.28. The molecule has 0 aliphatic rings. The van der Waals surface area contributed by atoms with Crippen LogP contribution in [0.25, 0.3) is 0 Å². The predicted molar refractivity (Wildman–Crippen MR) is 122 cm³/mol. The zero-order valence-corrected chi connectivity index (χ0v) is 19.0. The molecule has 0 radical (unpaired) electrons. The van der Waals surface area contributed by atoms with Gasteiger partial charge in [0.2, 0.25) is 10.0 Å². The molecule has 1 heterocycles. The van der Waals surface area contributed by atoms with E-state index < -0.39 is 33.1 Å². The Morgan fingerprint density at radius 3 is 2.65 bits per heavy atom. The lowest BCUT2D eigenvalue weighted by Gasteiger charge is -2.10. The minimum atomic E-state index is -4.20. The van der Waals surface area contributed by atoms with Gasteiger partial charge in [0.05, 0.1) is 22.6 Å². The van der Waals surface area contributed by atoms with Gasteiger partial charge >= 0.3 is 5.97 Å². The lowest BCUT2D eigenvalue weighted by atomic mass is 10.2. The van der Waals surface area contributed by atoms with Crippen LogP contribution in [-0.2, 0) is 26.1 Å². The van der Waals surface area contributed by atoms with Gasteiger partial charge in [0, 0.05) is 6.07 Å². The second kappa shape index (κ2) is 11.3. The molecule has 1 aromatic heterocycles. The summed E-state index contributed by atoms with van der Waals surface area (Å²) in [5, 5.41) is 14.3. The zero-order valence-electron chi connectivity index (χ0n) is 18.2. The Morgan fingerprint density at radius 2 is 1.94 bits per heavy atom. The maximum absolute atomic E-state index is 12.5. The van der Waals surface area contributed by atoms with E-state index >= 15 is 0 Å². The van der Waals surface area contributed by atoms with Crippen molar-refractivity contribution >= 4 is 27.4 Å². The molecular formula is C22H23N3O8S. The van der Waals surface area contributed by atoms with Gasteiger partial charge in [0.1, 0.15) is 37.0 Å². The number of ether oxygens (including phenoxy) is 2. The van der Waals surface area contributed by atoms with Gasteiger partial charge in [-0.05, 0) is 48.9 Å². The second-order valence-corrected chi connectivity index (χ2v) is 8.85. The molecule has 2 N–H and O–H groups in total. The van der Waals surface area contributed by atoms with Crippen molar-refractivity contribution in [3.05, 3.63) is 82.3 Å². The smallest absolute Gasteiger partial charge is 0.321 e. The SMILES string of the molecule is Cc1cccc(OCCOC(=O)CNS(=O)(=O)c2ccc(NCc3ccco3)c([N+](=O)[O-])c2)c1. The molecule has 11 nitrogen and oxygen atoms in total. The lowest BCUT2D eigenvalue weighted by Crippen LogP contribution is -2.31. The first-order valence-corrected chi connectivity index (χ1v) is 11.6. The van der Waals surface area contributed by atoms with E-state index in [2.05, 4.69) is 10.0 Å². The molecule has 2 aromatic carbocycles. The van der Waals surface area contributed by atoms with Crippen molar-refractivity contribution < 1.29 is 32.0 Å². The van der Waals surface area contributed by atoms with Crippen molar-refractivity contribution in [1.29, 1.82) is 0 Å². The van der Waals surface area contributed by atoms with Crippen molar-refractivity contribution in [3.63, 3.8) is 0 Å². The molecule has 0 amide bonds. The summed E-state index contributed by atoms with van der Waals surface area (Å²) in [7, 11) is -4.20. The number of rotatable bonds is 12. The van der Waals surface area contributed by atoms with Gasteiger partial charge in [-0.3, -0.25) is 14.9 Å². The Balaban J connectivity index is 1.52. The van der Waals surface area contributed by atoms with Gasteiger partial charge in [0.15, 0.2) is 0 Å². The van der Waals surface area contributed by atoms with Crippen molar-refractivity contribution in [3.8, 4) is 5.75 Å². The molecule has 12 heteroatoms. The molecule has 0 unspecified atom stereocenters. The molecule has 0 saturated carbocycles. The number of anilines is 1. The summed E-state index contributed by atoms with van der Waals surface area (Å²) in [4.78, 5) is 22.3. The van der Waals surface area contributed by atoms with Gasteiger partial charge in [-0.15, -0.1) is 0 Å². The van der Waals surface area contributed by atoms with Crippen molar-refractivity contribution in [1.82, 2.24) is 4.72 Å². The normalized spacial score (nSPS) is 11.1. The third kappa shape index (κ3) is 7.05. The number of furan rings is 1. The minimum Gasteiger partial charge on any atom is -0.490 e. The number of nitro benzene ring substituents is 1. The van der Waals surface area contributed by atoms with E-state index in [0.29, 0.717) is 11.5 Å². The lowest BCUT2D eigenvalue weighted by molar-refractivity contribution is -0.384. The standard InChI is InChI=1S/C22H23N3O8S/c1-16-4-2-5-17(12-16)32-10-11-33-22(26)15-24-34(29,30)19-7-8-20(21(13-19)25(27)28)23-14-18-6-3-9-31-18/h2-9,12-13,23-24H,10-11,14-15H2,1H3. The quantitative estimate of drug-likeness (QED) is 0.169. The van der Waals surface area contributed by atoms with Crippen molar-refractivity contribution in [2.45, 2.75) is 18.4 Å². The highest BCUT2D eigenvalue weighted by Gasteiger charge is 2.22. The van der Waals surface area contributed by atoms with Crippen LogP contribution in [-0.4, -0.2) is 39.1 Å². The van der Waals surface area contributed by atoms with E-state index in [9.17, 15) is 23.3 Å². The molecule has 34 heavy (non-hydrogen) atoms.